The van der Waals surface area contributed by atoms with Crippen molar-refractivity contribution in [1.29, 1.82) is 0 Å². The quantitative estimate of drug-likeness (QED) is 0.204. The summed E-state index contributed by atoms with van der Waals surface area (Å²) in [7, 11) is 0. The lowest BCUT2D eigenvalue weighted by molar-refractivity contribution is 0.259. The Morgan fingerprint density at radius 3 is 2.41 bits per heavy atom. The van der Waals surface area contributed by atoms with Crippen molar-refractivity contribution in [3.8, 4) is 0 Å². The molecule has 0 spiro atoms. The van der Waals surface area contributed by atoms with Crippen molar-refractivity contribution in [2.24, 2.45) is 16.8 Å². The molecule has 0 aromatic heterocycles. The molecule has 0 radical (unpaired) electrons. The SMILES string of the molecule is CCCCCCCN(CC)CC(C)C(N)=NO. The van der Waals surface area contributed by atoms with Gasteiger partial charge in [-0.2, -0.15) is 0 Å². The van der Waals surface area contributed by atoms with Gasteiger partial charge in [-0.15, -0.1) is 0 Å². The summed E-state index contributed by atoms with van der Waals surface area (Å²) in [6.45, 7) is 9.40. The van der Waals surface area contributed by atoms with Gasteiger partial charge in [-0.25, -0.2) is 0 Å². The predicted molar refractivity (Wildman–Crippen MR) is 73.4 cm³/mol. The van der Waals surface area contributed by atoms with Crippen LogP contribution < -0.4 is 5.73 Å². The highest BCUT2D eigenvalue weighted by Crippen LogP contribution is 2.06. The van der Waals surface area contributed by atoms with E-state index < -0.39 is 0 Å². The highest BCUT2D eigenvalue weighted by molar-refractivity contribution is 5.82. The van der Waals surface area contributed by atoms with E-state index in [-0.39, 0.29) is 5.92 Å². The van der Waals surface area contributed by atoms with Crippen LogP contribution in [0.3, 0.4) is 0 Å². The molecule has 0 aromatic rings. The highest BCUT2D eigenvalue weighted by atomic mass is 16.4. The molecule has 0 amide bonds. The molecule has 0 aromatic carbocycles. The number of hydrogen-bond acceptors (Lipinski definition) is 3. The van der Waals surface area contributed by atoms with E-state index in [1.54, 1.807) is 0 Å². The second-order valence-corrected chi connectivity index (χ2v) is 4.73. The molecule has 3 N–H and O–H groups in total. The van der Waals surface area contributed by atoms with Gasteiger partial charge in [0, 0.05) is 12.5 Å². The molecule has 4 heteroatoms. The fraction of sp³-hybridized carbons (Fsp3) is 0.923. The smallest absolute Gasteiger partial charge is 0.143 e. The number of unbranched alkanes of at least 4 members (excludes halogenated alkanes) is 4. The molecule has 1 unspecified atom stereocenters. The maximum Gasteiger partial charge on any atom is 0.143 e. The molecule has 0 rings (SSSR count). The zero-order valence-electron chi connectivity index (χ0n) is 11.7. The van der Waals surface area contributed by atoms with Crippen molar-refractivity contribution in [1.82, 2.24) is 4.90 Å². The van der Waals surface area contributed by atoms with Crippen LogP contribution in [0, 0.1) is 5.92 Å². The van der Waals surface area contributed by atoms with Crippen molar-refractivity contribution in [3.05, 3.63) is 0 Å². The summed E-state index contributed by atoms with van der Waals surface area (Å²) in [5.74, 6) is 0.449. The van der Waals surface area contributed by atoms with E-state index in [0.29, 0.717) is 5.84 Å². The number of nitrogens with two attached hydrogens (primary N) is 1. The Labute approximate surface area is 106 Å². The van der Waals surface area contributed by atoms with Crippen molar-refractivity contribution >= 4 is 5.84 Å². The molecule has 0 fully saturated rings. The maximum absolute atomic E-state index is 8.61. The van der Waals surface area contributed by atoms with Crippen LogP contribution in [-0.4, -0.2) is 35.6 Å². The van der Waals surface area contributed by atoms with Crippen LogP contribution in [0.15, 0.2) is 5.16 Å². The van der Waals surface area contributed by atoms with Gasteiger partial charge in [0.05, 0.1) is 0 Å². The van der Waals surface area contributed by atoms with Crippen LogP contribution in [0.25, 0.3) is 0 Å². The largest absolute Gasteiger partial charge is 0.409 e. The second-order valence-electron chi connectivity index (χ2n) is 4.73. The molecule has 1 atom stereocenters. The average Bonchev–Trinajstić information content (AvgIpc) is 2.35. The molecule has 0 saturated heterocycles. The van der Waals surface area contributed by atoms with E-state index >= 15 is 0 Å². The Hall–Kier alpha value is -0.770. The number of hydrogen-bond donors (Lipinski definition) is 2. The van der Waals surface area contributed by atoms with Crippen molar-refractivity contribution in [3.63, 3.8) is 0 Å². The highest BCUT2D eigenvalue weighted by Gasteiger charge is 2.12. The van der Waals surface area contributed by atoms with E-state index in [4.69, 9.17) is 10.9 Å². The minimum atomic E-state index is 0.121. The summed E-state index contributed by atoms with van der Waals surface area (Å²) < 4.78 is 0. The van der Waals surface area contributed by atoms with Gasteiger partial charge < -0.3 is 15.8 Å². The summed E-state index contributed by atoms with van der Waals surface area (Å²) in [6, 6.07) is 0. The Morgan fingerprint density at radius 2 is 1.88 bits per heavy atom. The van der Waals surface area contributed by atoms with E-state index in [2.05, 4.69) is 23.9 Å². The summed E-state index contributed by atoms with van der Waals surface area (Å²) in [5, 5.41) is 11.7. The van der Waals surface area contributed by atoms with Gasteiger partial charge in [-0.3, -0.25) is 0 Å². The number of oxime groups is 1. The molecule has 0 aliphatic carbocycles. The Balaban J connectivity index is 3.76. The molecule has 102 valence electrons. The third-order valence-corrected chi connectivity index (χ3v) is 3.18. The van der Waals surface area contributed by atoms with Gasteiger partial charge in [0.25, 0.3) is 0 Å². The number of amidine groups is 1. The van der Waals surface area contributed by atoms with Crippen molar-refractivity contribution < 1.29 is 5.21 Å². The first-order valence-electron chi connectivity index (χ1n) is 6.85. The Kier molecular flexibility index (Phi) is 9.92. The standard InChI is InChI=1S/C13H29N3O/c1-4-6-7-8-9-10-16(5-2)11-12(3)13(14)15-17/h12,17H,4-11H2,1-3H3,(H2,14,15). The summed E-state index contributed by atoms with van der Waals surface area (Å²) in [5.41, 5.74) is 5.59. The van der Waals surface area contributed by atoms with Crippen LogP contribution in [0.2, 0.25) is 0 Å². The van der Waals surface area contributed by atoms with Crippen molar-refractivity contribution in [2.45, 2.75) is 52.9 Å². The van der Waals surface area contributed by atoms with E-state index in [1.165, 1.54) is 32.1 Å². The fourth-order valence-corrected chi connectivity index (χ4v) is 1.90. The van der Waals surface area contributed by atoms with E-state index in [9.17, 15) is 0 Å². The van der Waals surface area contributed by atoms with E-state index in [1.807, 2.05) is 6.92 Å². The summed E-state index contributed by atoms with van der Waals surface area (Å²) >= 11 is 0. The second kappa shape index (κ2) is 10.4. The lowest BCUT2D eigenvalue weighted by Gasteiger charge is -2.23. The van der Waals surface area contributed by atoms with Crippen LogP contribution in [0.4, 0.5) is 0 Å². The van der Waals surface area contributed by atoms with Gasteiger partial charge in [-0.1, -0.05) is 51.6 Å². The molecule has 0 aliphatic heterocycles. The molecule has 4 nitrogen and oxygen atoms in total. The summed E-state index contributed by atoms with van der Waals surface area (Å²) in [4.78, 5) is 2.37. The minimum Gasteiger partial charge on any atom is -0.409 e. The third-order valence-electron chi connectivity index (χ3n) is 3.18. The molecule has 17 heavy (non-hydrogen) atoms. The van der Waals surface area contributed by atoms with Gasteiger partial charge in [0.15, 0.2) is 0 Å². The molecule has 0 bridgehead atoms. The molecule has 0 heterocycles. The lowest BCUT2D eigenvalue weighted by atomic mass is 10.1. The van der Waals surface area contributed by atoms with Gasteiger partial charge in [0.1, 0.15) is 5.84 Å². The molecular weight excluding hydrogens is 214 g/mol. The van der Waals surface area contributed by atoms with E-state index in [0.717, 1.165) is 19.6 Å². The van der Waals surface area contributed by atoms with Gasteiger partial charge >= 0.3 is 0 Å². The minimum absolute atomic E-state index is 0.121. The van der Waals surface area contributed by atoms with Crippen LogP contribution in [0.5, 0.6) is 0 Å². The monoisotopic (exact) mass is 243 g/mol. The number of nitrogens with zero attached hydrogens (tertiary/aromatic N) is 2. The third kappa shape index (κ3) is 8.02. The van der Waals surface area contributed by atoms with Crippen LogP contribution in [0.1, 0.15) is 52.9 Å². The van der Waals surface area contributed by atoms with Crippen molar-refractivity contribution in [2.75, 3.05) is 19.6 Å². The maximum atomic E-state index is 8.61. The van der Waals surface area contributed by atoms with Crippen LogP contribution >= 0.6 is 0 Å². The number of rotatable bonds is 10. The van der Waals surface area contributed by atoms with Gasteiger partial charge in [0.2, 0.25) is 0 Å². The first-order valence-corrected chi connectivity index (χ1v) is 6.85. The zero-order valence-corrected chi connectivity index (χ0v) is 11.7. The Morgan fingerprint density at radius 1 is 1.24 bits per heavy atom. The average molecular weight is 243 g/mol. The normalized spacial score (nSPS) is 14.2. The van der Waals surface area contributed by atoms with Crippen LogP contribution in [-0.2, 0) is 0 Å². The predicted octanol–water partition coefficient (Wildman–Crippen LogP) is 2.66. The molecular formula is C13H29N3O. The van der Waals surface area contributed by atoms with Gasteiger partial charge in [-0.05, 0) is 19.5 Å². The zero-order chi connectivity index (χ0) is 13.1. The first kappa shape index (κ1) is 16.2. The molecule has 0 saturated carbocycles. The topological polar surface area (TPSA) is 61.8 Å². The summed E-state index contributed by atoms with van der Waals surface area (Å²) in [6.07, 6.45) is 6.52. The molecule has 0 aliphatic rings. The fourth-order valence-electron chi connectivity index (χ4n) is 1.90. The first-order chi connectivity index (χ1) is 8.15. The Bertz CT molecular complexity index is 207. The lowest BCUT2D eigenvalue weighted by Crippen LogP contribution is -2.35.